The molecule has 4 nitrogen and oxygen atoms in total. The van der Waals surface area contributed by atoms with Gasteiger partial charge in [-0.3, -0.25) is 4.72 Å². The number of benzene rings is 1. The molecule has 2 N–H and O–H groups in total. The van der Waals surface area contributed by atoms with Crippen LogP contribution in [0.25, 0.3) is 0 Å². The normalized spacial score (nSPS) is 20.2. The molecule has 1 heterocycles. The van der Waals surface area contributed by atoms with Gasteiger partial charge in [-0.1, -0.05) is 24.1 Å². The van der Waals surface area contributed by atoms with E-state index in [1.54, 1.807) is 12.1 Å². The molecule has 19 heavy (non-hydrogen) atoms. The maximum absolute atomic E-state index is 12.0. The summed E-state index contributed by atoms with van der Waals surface area (Å²) < 4.78 is 26.6. The zero-order valence-corrected chi connectivity index (χ0v) is 12.2. The predicted molar refractivity (Wildman–Crippen MR) is 78.8 cm³/mol. The standard InChI is InChI=1S/C14H22N2O2S/c1-12-5-7-14(8-6-12)16-19(17,18)11-9-13-4-2-3-10-15-13/h5-8,13,15-16H,2-4,9-11H2,1H3. The van der Waals surface area contributed by atoms with E-state index >= 15 is 0 Å². The lowest BCUT2D eigenvalue weighted by Gasteiger charge is -2.23. The summed E-state index contributed by atoms with van der Waals surface area (Å²) in [6.07, 6.45) is 4.16. The van der Waals surface area contributed by atoms with E-state index in [1.165, 1.54) is 12.8 Å². The molecule has 5 heteroatoms. The van der Waals surface area contributed by atoms with E-state index in [-0.39, 0.29) is 5.75 Å². The Bertz CT molecular complexity index is 491. The molecule has 0 amide bonds. The van der Waals surface area contributed by atoms with Gasteiger partial charge in [0.2, 0.25) is 10.0 Å². The number of anilines is 1. The largest absolute Gasteiger partial charge is 0.314 e. The molecule has 0 saturated carbocycles. The first-order chi connectivity index (χ1) is 9.05. The second-order valence-electron chi connectivity index (χ2n) is 5.22. The van der Waals surface area contributed by atoms with Gasteiger partial charge >= 0.3 is 0 Å². The van der Waals surface area contributed by atoms with Crippen LogP contribution < -0.4 is 10.0 Å². The molecular weight excluding hydrogens is 260 g/mol. The van der Waals surface area contributed by atoms with Gasteiger partial charge in [0.05, 0.1) is 5.75 Å². The Hall–Kier alpha value is -1.07. The molecule has 1 saturated heterocycles. The first-order valence-corrected chi connectivity index (χ1v) is 8.51. The predicted octanol–water partition coefficient (Wildman–Crippen LogP) is 2.27. The highest BCUT2D eigenvalue weighted by Crippen LogP contribution is 2.14. The van der Waals surface area contributed by atoms with Gasteiger partial charge in [0.15, 0.2) is 0 Å². The lowest BCUT2D eigenvalue weighted by atomic mass is 10.0. The first-order valence-electron chi connectivity index (χ1n) is 6.86. The maximum atomic E-state index is 12.0. The van der Waals surface area contributed by atoms with Crippen molar-refractivity contribution in [3.63, 3.8) is 0 Å². The fraction of sp³-hybridized carbons (Fsp3) is 0.571. The molecule has 0 spiro atoms. The molecule has 1 aliphatic rings. The van der Waals surface area contributed by atoms with Crippen LogP contribution in [0.4, 0.5) is 5.69 Å². The summed E-state index contributed by atoms with van der Waals surface area (Å²) in [5, 5.41) is 3.37. The summed E-state index contributed by atoms with van der Waals surface area (Å²) in [5.74, 6) is 0.179. The van der Waals surface area contributed by atoms with Gasteiger partial charge in [-0.25, -0.2) is 8.42 Å². The molecule has 1 unspecified atom stereocenters. The van der Waals surface area contributed by atoms with E-state index in [9.17, 15) is 8.42 Å². The van der Waals surface area contributed by atoms with Gasteiger partial charge in [0.25, 0.3) is 0 Å². The van der Waals surface area contributed by atoms with Crippen LogP contribution in [0.15, 0.2) is 24.3 Å². The number of piperidine rings is 1. The molecular formula is C14H22N2O2S. The number of aryl methyl sites for hydroxylation is 1. The Kier molecular flexibility index (Phi) is 4.82. The van der Waals surface area contributed by atoms with Gasteiger partial charge in [0, 0.05) is 11.7 Å². The van der Waals surface area contributed by atoms with Gasteiger partial charge < -0.3 is 5.32 Å². The first kappa shape index (κ1) is 14.3. The van der Waals surface area contributed by atoms with Crippen LogP contribution in [0.5, 0.6) is 0 Å². The average Bonchev–Trinajstić information content (AvgIpc) is 2.40. The van der Waals surface area contributed by atoms with E-state index in [2.05, 4.69) is 10.0 Å². The Balaban J connectivity index is 1.85. The number of hydrogen-bond acceptors (Lipinski definition) is 3. The van der Waals surface area contributed by atoms with Crippen molar-refractivity contribution in [1.29, 1.82) is 0 Å². The van der Waals surface area contributed by atoms with Crippen molar-refractivity contribution in [2.75, 3.05) is 17.0 Å². The Morgan fingerprint density at radius 1 is 1.26 bits per heavy atom. The molecule has 1 aliphatic heterocycles. The highest BCUT2D eigenvalue weighted by molar-refractivity contribution is 7.92. The van der Waals surface area contributed by atoms with Gasteiger partial charge in [-0.2, -0.15) is 0 Å². The van der Waals surface area contributed by atoms with Gasteiger partial charge in [-0.15, -0.1) is 0 Å². The third kappa shape index (κ3) is 4.84. The molecule has 1 atom stereocenters. The number of sulfonamides is 1. The van der Waals surface area contributed by atoms with Crippen molar-refractivity contribution in [3.8, 4) is 0 Å². The van der Waals surface area contributed by atoms with Crippen molar-refractivity contribution in [3.05, 3.63) is 29.8 Å². The van der Waals surface area contributed by atoms with E-state index in [4.69, 9.17) is 0 Å². The van der Waals surface area contributed by atoms with E-state index in [1.807, 2.05) is 19.1 Å². The third-order valence-corrected chi connectivity index (χ3v) is 4.79. The lowest BCUT2D eigenvalue weighted by molar-refractivity contribution is 0.393. The molecule has 0 aromatic heterocycles. The zero-order chi connectivity index (χ0) is 13.7. The van der Waals surface area contributed by atoms with Crippen LogP contribution in [0.2, 0.25) is 0 Å². The maximum Gasteiger partial charge on any atom is 0.232 e. The van der Waals surface area contributed by atoms with Gasteiger partial charge in [0.1, 0.15) is 0 Å². The summed E-state index contributed by atoms with van der Waals surface area (Å²) in [4.78, 5) is 0. The molecule has 106 valence electrons. The Morgan fingerprint density at radius 2 is 2.00 bits per heavy atom. The number of hydrogen-bond donors (Lipinski definition) is 2. The van der Waals surface area contributed by atoms with Crippen LogP contribution in [0.1, 0.15) is 31.2 Å². The van der Waals surface area contributed by atoms with Crippen LogP contribution in [-0.4, -0.2) is 26.8 Å². The molecule has 0 radical (unpaired) electrons. The summed E-state index contributed by atoms with van der Waals surface area (Å²) in [5.41, 5.74) is 1.76. The van der Waals surface area contributed by atoms with Crippen LogP contribution in [-0.2, 0) is 10.0 Å². The minimum atomic E-state index is -3.24. The molecule has 0 aliphatic carbocycles. The van der Waals surface area contributed by atoms with Crippen molar-refractivity contribution in [2.24, 2.45) is 0 Å². The molecule has 1 aromatic rings. The lowest BCUT2D eigenvalue weighted by Crippen LogP contribution is -2.36. The third-order valence-electron chi connectivity index (χ3n) is 3.47. The second kappa shape index (κ2) is 6.39. The number of nitrogens with one attached hydrogen (secondary N) is 2. The zero-order valence-electron chi connectivity index (χ0n) is 11.4. The second-order valence-corrected chi connectivity index (χ2v) is 7.06. The van der Waals surface area contributed by atoms with E-state index < -0.39 is 10.0 Å². The quantitative estimate of drug-likeness (QED) is 0.871. The molecule has 1 fully saturated rings. The van der Waals surface area contributed by atoms with Crippen LogP contribution >= 0.6 is 0 Å². The molecule has 1 aromatic carbocycles. The van der Waals surface area contributed by atoms with E-state index in [0.717, 1.165) is 18.5 Å². The topological polar surface area (TPSA) is 58.2 Å². The summed E-state index contributed by atoms with van der Waals surface area (Å²) >= 11 is 0. The van der Waals surface area contributed by atoms with Gasteiger partial charge in [-0.05, 0) is 44.9 Å². The average molecular weight is 282 g/mol. The van der Waals surface area contributed by atoms with Crippen LogP contribution in [0, 0.1) is 6.92 Å². The molecule has 0 bridgehead atoms. The van der Waals surface area contributed by atoms with E-state index in [0.29, 0.717) is 18.2 Å². The smallest absolute Gasteiger partial charge is 0.232 e. The molecule has 2 rings (SSSR count). The minimum absolute atomic E-state index is 0.179. The number of rotatable bonds is 5. The minimum Gasteiger partial charge on any atom is -0.314 e. The SMILES string of the molecule is Cc1ccc(NS(=O)(=O)CCC2CCCCN2)cc1. The van der Waals surface area contributed by atoms with Crippen molar-refractivity contribution >= 4 is 15.7 Å². The van der Waals surface area contributed by atoms with Crippen molar-refractivity contribution in [1.82, 2.24) is 5.32 Å². The summed E-state index contributed by atoms with van der Waals surface area (Å²) in [7, 11) is -3.24. The van der Waals surface area contributed by atoms with Crippen molar-refractivity contribution in [2.45, 2.75) is 38.6 Å². The fourth-order valence-corrected chi connectivity index (χ4v) is 3.51. The van der Waals surface area contributed by atoms with Crippen molar-refractivity contribution < 1.29 is 8.42 Å². The Labute approximate surface area is 115 Å². The monoisotopic (exact) mass is 282 g/mol. The fourth-order valence-electron chi connectivity index (χ4n) is 2.32. The summed E-state index contributed by atoms with van der Waals surface area (Å²) in [6.45, 7) is 2.99. The highest BCUT2D eigenvalue weighted by atomic mass is 32.2. The Morgan fingerprint density at radius 3 is 2.63 bits per heavy atom. The summed E-state index contributed by atoms with van der Waals surface area (Å²) in [6, 6.07) is 7.75. The highest BCUT2D eigenvalue weighted by Gasteiger charge is 2.17. The van der Waals surface area contributed by atoms with Crippen LogP contribution in [0.3, 0.4) is 0 Å².